The Morgan fingerprint density at radius 2 is 1.83 bits per heavy atom. The Kier molecular flexibility index (Phi) is 6.09. The highest BCUT2D eigenvalue weighted by molar-refractivity contribution is 7.80. The van der Waals surface area contributed by atoms with E-state index < -0.39 is 0 Å². The Hall–Kier alpha value is -1.13. The van der Waals surface area contributed by atoms with Gasteiger partial charge in [-0.05, 0) is 44.3 Å². The number of benzene rings is 1. The minimum absolute atomic E-state index is 0.417. The standard InChI is InChI=1S/C14H23N3S/c1-4-17(5-2)10-11(3)16-13-8-6-12(7-9-13)14(15)18/h6-9,11,16H,4-5,10H2,1-3H3,(H2,15,18). The molecule has 0 fully saturated rings. The zero-order chi connectivity index (χ0) is 13.5. The number of hydrogen-bond donors (Lipinski definition) is 2. The Morgan fingerprint density at radius 1 is 1.28 bits per heavy atom. The summed E-state index contributed by atoms with van der Waals surface area (Å²) < 4.78 is 0. The van der Waals surface area contributed by atoms with Gasteiger partial charge in [-0.1, -0.05) is 26.1 Å². The quantitative estimate of drug-likeness (QED) is 0.743. The number of likely N-dealkylation sites (N-methyl/N-ethyl adjacent to an activating group) is 1. The van der Waals surface area contributed by atoms with E-state index in [1.807, 2.05) is 24.3 Å². The molecule has 0 aliphatic carbocycles. The molecule has 0 saturated carbocycles. The molecule has 0 aromatic heterocycles. The van der Waals surface area contributed by atoms with Gasteiger partial charge in [-0.3, -0.25) is 0 Å². The maximum atomic E-state index is 5.57. The molecule has 4 heteroatoms. The Balaban J connectivity index is 2.53. The molecule has 100 valence electrons. The number of anilines is 1. The lowest BCUT2D eigenvalue weighted by Crippen LogP contribution is -2.34. The fraction of sp³-hybridized carbons (Fsp3) is 0.500. The Labute approximate surface area is 115 Å². The molecule has 0 heterocycles. The van der Waals surface area contributed by atoms with Crippen LogP contribution >= 0.6 is 12.2 Å². The van der Waals surface area contributed by atoms with Gasteiger partial charge < -0.3 is 16.0 Å². The van der Waals surface area contributed by atoms with E-state index in [2.05, 4.69) is 31.0 Å². The summed E-state index contributed by atoms with van der Waals surface area (Å²) in [6.45, 7) is 9.79. The monoisotopic (exact) mass is 265 g/mol. The summed E-state index contributed by atoms with van der Waals surface area (Å²) in [6, 6.07) is 8.37. The van der Waals surface area contributed by atoms with E-state index >= 15 is 0 Å². The van der Waals surface area contributed by atoms with Crippen LogP contribution < -0.4 is 11.1 Å². The van der Waals surface area contributed by atoms with E-state index in [1.54, 1.807) is 0 Å². The first-order valence-corrected chi connectivity index (χ1v) is 6.86. The molecule has 3 N–H and O–H groups in total. The van der Waals surface area contributed by atoms with E-state index in [4.69, 9.17) is 18.0 Å². The van der Waals surface area contributed by atoms with E-state index in [0.29, 0.717) is 11.0 Å². The lowest BCUT2D eigenvalue weighted by molar-refractivity contribution is 0.295. The predicted octanol–water partition coefficient (Wildman–Crippen LogP) is 2.46. The SMILES string of the molecule is CCN(CC)CC(C)Nc1ccc(C(N)=S)cc1. The minimum atomic E-state index is 0.417. The van der Waals surface area contributed by atoms with Crippen LogP contribution in [0.1, 0.15) is 26.3 Å². The van der Waals surface area contributed by atoms with Crippen LogP contribution in [0.3, 0.4) is 0 Å². The van der Waals surface area contributed by atoms with Gasteiger partial charge in [0.15, 0.2) is 0 Å². The van der Waals surface area contributed by atoms with E-state index in [0.717, 1.165) is 30.9 Å². The molecular formula is C14H23N3S. The number of hydrogen-bond acceptors (Lipinski definition) is 3. The lowest BCUT2D eigenvalue weighted by atomic mass is 10.2. The fourth-order valence-electron chi connectivity index (χ4n) is 1.93. The summed E-state index contributed by atoms with van der Waals surface area (Å²) in [4.78, 5) is 2.85. The average Bonchev–Trinajstić information content (AvgIpc) is 2.36. The number of rotatable bonds is 7. The van der Waals surface area contributed by atoms with Gasteiger partial charge in [0.25, 0.3) is 0 Å². The average molecular weight is 265 g/mol. The third-order valence-corrected chi connectivity index (χ3v) is 3.24. The molecule has 18 heavy (non-hydrogen) atoms. The molecule has 1 rings (SSSR count). The molecule has 0 aliphatic heterocycles. The van der Waals surface area contributed by atoms with Crippen molar-refractivity contribution in [3.63, 3.8) is 0 Å². The highest BCUT2D eigenvalue weighted by atomic mass is 32.1. The largest absolute Gasteiger partial charge is 0.389 e. The van der Waals surface area contributed by atoms with E-state index in [9.17, 15) is 0 Å². The van der Waals surface area contributed by atoms with Crippen LogP contribution in [0.25, 0.3) is 0 Å². The van der Waals surface area contributed by atoms with Crippen LogP contribution in [-0.4, -0.2) is 35.6 Å². The second-order valence-electron chi connectivity index (χ2n) is 4.47. The van der Waals surface area contributed by atoms with Crippen LogP contribution in [0.4, 0.5) is 5.69 Å². The van der Waals surface area contributed by atoms with Crippen molar-refractivity contribution in [2.45, 2.75) is 26.8 Å². The molecule has 0 aliphatic rings. The van der Waals surface area contributed by atoms with Crippen molar-refractivity contribution in [1.29, 1.82) is 0 Å². The molecule has 0 bridgehead atoms. The van der Waals surface area contributed by atoms with Gasteiger partial charge in [-0.2, -0.15) is 0 Å². The van der Waals surface area contributed by atoms with Crippen molar-refractivity contribution in [2.24, 2.45) is 5.73 Å². The second kappa shape index (κ2) is 7.34. The summed E-state index contributed by atoms with van der Waals surface area (Å²) in [6.07, 6.45) is 0. The first-order chi connectivity index (χ1) is 8.56. The zero-order valence-electron chi connectivity index (χ0n) is 11.4. The van der Waals surface area contributed by atoms with Gasteiger partial charge in [0.1, 0.15) is 4.99 Å². The molecule has 0 saturated heterocycles. The summed E-state index contributed by atoms with van der Waals surface area (Å²) in [5.74, 6) is 0. The van der Waals surface area contributed by atoms with Crippen molar-refractivity contribution >= 4 is 22.9 Å². The predicted molar refractivity (Wildman–Crippen MR) is 83.2 cm³/mol. The number of nitrogens with zero attached hydrogens (tertiary/aromatic N) is 1. The Bertz CT molecular complexity index is 371. The van der Waals surface area contributed by atoms with Crippen molar-refractivity contribution in [3.05, 3.63) is 29.8 Å². The molecule has 1 aromatic rings. The topological polar surface area (TPSA) is 41.3 Å². The molecule has 1 aromatic carbocycles. The van der Waals surface area contributed by atoms with Gasteiger partial charge in [-0.15, -0.1) is 0 Å². The lowest BCUT2D eigenvalue weighted by Gasteiger charge is -2.24. The number of nitrogens with one attached hydrogen (secondary N) is 1. The molecule has 1 atom stereocenters. The normalized spacial score (nSPS) is 12.4. The first kappa shape index (κ1) is 14.9. The number of thiocarbonyl (C=S) groups is 1. The third-order valence-electron chi connectivity index (χ3n) is 3.01. The maximum Gasteiger partial charge on any atom is 0.103 e. The van der Waals surface area contributed by atoms with E-state index in [1.165, 1.54) is 0 Å². The Morgan fingerprint density at radius 3 is 2.28 bits per heavy atom. The molecular weight excluding hydrogens is 242 g/mol. The van der Waals surface area contributed by atoms with Crippen LogP contribution in [-0.2, 0) is 0 Å². The third kappa shape index (κ3) is 4.63. The summed E-state index contributed by atoms with van der Waals surface area (Å²) >= 11 is 4.93. The number of nitrogens with two attached hydrogens (primary N) is 1. The maximum absolute atomic E-state index is 5.57. The van der Waals surface area contributed by atoms with Gasteiger partial charge in [0.2, 0.25) is 0 Å². The van der Waals surface area contributed by atoms with Crippen LogP contribution in [0, 0.1) is 0 Å². The molecule has 1 unspecified atom stereocenters. The summed E-state index contributed by atoms with van der Waals surface area (Å²) in [5.41, 5.74) is 7.59. The van der Waals surface area contributed by atoms with Gasteiger partial charge in [0, 0.05) is 23.8 Å². The molecule has 3 nitrogen and oxygen atoms in total. The molecule has 0 amide bonds. The zero-order valence-corrected chi connectivity index (χ0v) is 12.3. The smallest absolute Gasteiger partial charge is 0.103 e. The highest BCUT2D eigenvalue weighted by Crippen LogP contribution is 2.11. The fourth-order valence-corrected chi connectivity index (χ4v) is 2.07. The second-order valence-corrected chi connectivity index (χ2v) is 4.91. The van der Waals surface area contributed by atoms with Crippen LogP contribution in [0.5, 0.6) is 0 Å². The van der Waals surface area contributed by atoms with Crippen molar-refractivity contribution in [1.82, 2.24) is 4.90 Å². The van der Waals surface area contributed by atoms with Crippen LogP contribution in [0.2, 0.25) is 0 Å². The van der Waals surface area contributed by atoms with Gasteiger partial charge in [0.05, 0.1) is 0 Å². The first-order valence-electron chi connectivity index (χ1n) is 6.45. The summed E-state index contributed by atoms with van der Waals surface area (Å²) in [7, 11) is 0. The highest BCUT2D eigenvalue weighted by Gasteiger charge is 2.06. The van der Waals surface area contributed by atoms with Gasteiger partial charge in [-0.25, -0.2) is 0 Å². The van der Waals surface area contributed by atoms with E-state index in [-0.39, 0.29) is 0 Å². The summed E-state index contributed by atoms with van der Waals surface area (Å²) in [5, 5.41) is 3.48. The molecule has 0 radical (unpaired) electrons. The van der Waals surface area contributed by atoms with Gasteiger partial charge >= 0.3 is 0 Å². The molecule has 0 spiro atoms. The van der Waals surface area contributed by atoms with Crippen molar-refractivity contribution < 1.29 is 0 Å². The minimum Gasteiger partial charge on any atom is -0.389 e. The van der Waals surface area contributed by atoms with Crippen LogP contribution in [0.15, 0.2) is 24.3 Å². The van der Waals surface area contributed by atoms with Crippen molar-refractivity contribution in [2.75, 3.05) is 25.0 Å². The van der Waals surface area contributed by atoms with Crippen molar-refractivity contribution in [3.8, 4) is 0 Å².